The van der Waals surface area contributed by atoms with E-state index < -0.39 is 0 Å². The predicted molar refractivity (Wildman–Crippen MR) is 82.5 cm³/mol. The quantitative estimate of drug-likeness (QED) is 0.562. The summed E-state index contributed by atoms with van der Waals surface area (Å²) in [6.45, 7) is 4.57. The molecule has 1 heterocycles. The monoisotopic (exact) mass is 329 g/mol. The maximum Gasteiger partial charge on any atom is 0.151 e. The number of hydrogen-bond acceptors (Lipinski definition) is 3. The lowest BCUT2D eigenvalue weighted by Gasteiger charge is -2.16. The standard InChI is InChI=1S/C13H16BrNS2/c1-9(2)10(7-14)8-16-13-15-11-5-3-4-6-12(11)17-13/h3-6,9-10H,7-8H2,1-2H3. The normalized spacial score (nSPS) is 13.4. The number of alkyl halides is 1. The average Bonchev–Trinajstić information content (AvgIpc) is 2.71. The van der Waals surface area contributed by atoms with Gasteiger partial charge in [-0.3, -0.25) is 0 Å². The van der Waals surface area contributed by atoms with Gasteiger partial charge in [-0.1, -0.05) is 53.7 Å². The van der Waals surface area contributed by atoms with Gasteiger partial charge in [0.25, 0.3) is 0 Å². The summed E-state index contributed by atoms with van der Waals surface area (Å²) in [4.78, 5) is 4.64. The first-order valence-electron chi connectivity index (χ1n) is 5.75. The third-order valence-electron chi connectivity index (χ3n) is 2.84. The first-order chi connectivity index (χ1) is 8.20. The van der Waals surface area contributed by atoms with Gasteiger partial charge in [0.1, 0.15) is 0 Å². The van der Waals surface area contributed by atoms with Crippen LogP contribution in [0.1, 0.15) is 13.8 Å². The second-order valence-corrected chi connectivity index (χ2v) is 7.36. The highest BCUT2D eigenvalue weighted by atomic mass is 79.9. The van der Waals surface area contributed by atoms with Crippen molar-refractivity contribution >= 4 is 49.2 Å². The minimum atomic E-state index is 0.715. The zero-order chi connectivity index (χ0) is 12.3. The molecule has 2 rings (SSSR count). The summed E-state index contributed by atoms with van der Waals surface area (Å²) < 4.78 is 2.48. The van der Waals surface area contributed by atoms with E-state index in [2.05, 4.69) is 53.0 Å². The van der Waals surface area contributed by atoms with Gasteiger partial charge in [0.2, 0.25) is 0 Å². The van der Waals surface area contributed by atoms with Gasteiger partial charge in [-0.25, -0.2) is 4.98 Å². The largest absolute Gasteiger partial charge is 0.230 e. The van der Waals surface area contributed by atoms with Crippen molar-refractivity contribution in [2.75, 3.05) is 11.1 Å². The Hall–Kier alpha value is -0.0600. The summed E-state index contributed by atoms with van der Waals surface area (Å²) in [6.07, 6.45) is 0. The molecule has 0 bridgehead atoms. The highest BCUT2D eigenvalue weighted by Gasteiger charge is 2.13. The number of nitrogens with zero attached hydrogens (tertiary/aromatic N) is 1. The highest BCUT2D eigenvalue weighted by Crippen LogP contribution is 2.31. The van der Waals surface area contributed by atoms with E-state index in [1.54, 1.807) is 11.3 Å². The molecular formula is C13H16BrNS2. The van der Waals surface area contributed by atoms with Crippen molar-refractivity contribution in [3.05, 3.63) is 24.3 Å². The van der Waals surface area contributed by atoms with Crippen LogP contribution in [0.15, 0.2) is 28.6 Å². The van der Waals surface area contributed by atoms with E-state index in [4.69, 9.17) is 0 Å². The Balaban J connectivity index is 2.03. The molecule has 1 aromatic carbocycles. The van der Waals surface area contributed by atoms with Crippen LogP contribution >= 0.6 is 39.0 Å². The highest BCUT2D eigenvalue weighted by molar-refractivity contribution is 9.09. The van der Waals surface area contributed by atoms with Crippen molar-refractivity contribution in [1.29, 1.82) is 0 Å². The summed E-state index contributed by atoms with van der Waals surface area (Å²) in [6, 6.07) is 8.35. The Morgan fingerprint density at radius 3 is 2.76 bits per heavy atom. The van der Waals surface area contributed by atoms with Crippen LogP contribution in [-0.4, -0.2) is 16.1 Å². The number of aromatic nitrogens is 1. The number of halogens is 1. The number of hydrogen-bond donors (Lipinski definition) is 0. The summed E-state index contributed by atoms with van der Waals surface area (Å²) in [5.41, 5.74) is 1.12. The van der Waals surface area contributed by atoms with Gasteiger partial charge in [-0.05, 0) is 24.0 Å². The minimum Gasteiger partial charge on any atom is -0.230 e. The zero-order valence-corrected chi connectivity index (χ0v) is 13.2. The topological polar surface area (TPSA) is 12.9 Å². The molecule has 0 aliphatic rings. The lowest BCUT2D eigenvalue weighted by molar-refractivity contribution is 0.474. The fraction of sp³-hybridized carbons (Fsp3) is 0.462. The number of thioether (sulfide) groups is 1. The molecule has 0 amide bonds. The molecule has 0 radical (unpaired) electrons. The maximum absolute atomic E-state index is 4.64. The van der Waals surface area contributed by atoms with Gasteiger partial charge >= 0.3 is 0 Å². The van der Waals surface area contributed by atoms with Crippen LogP contribution in [0.25, 0.3) is 10.2 Å². The summed E-state index contributed by atoms with van der Waals surface area (Å²) >= 11 is 7.28. The molecule has 0 aliphatic carbocycles. The number of benzene rings is 1. The molecule has 0 N–H and O–H groups in total. The molecule has 4 heteroatoms. The molecule has 0 fully saturated rings. The SMILES string of the molecule is CC(C)C(CBr)CSc1nc2ccccc2s1. The van der Waals surface area contributed by atoms with Gasteiger partial charge in [0.15, 0.2) is 4.34 Å². The molecule has 1 unspecified atom stereocenters. The van der Waals surface area contributed by atoms with E-state index in [9.17, 15) is 0 Å². The Morgan fingerprint density at radius 1 is 1.35 bits per heavy atom. The Labute approximate surface area is 119 Å². The van der Waals surface area contributed by atoms with Crippen molar-refractivity contribution in [2.24, 2.45) is 11.8 Å². The molecule has 2 aromatic rings. The van der Waals surface area contributed by atoms with Crippen molar-refractivity contribution in [2.45, 2.75) is 18.2 Å². The molecule has 0 spiro atoms. The smallest absolute Gasteiger partial charge is 0.151 e. The van der Waals surface area contributed by atoms with E-state index >= 15 is 0 Å². The third kappa shape index (κ3) is 3.46. The molecule has 0 saturated heterocycles. The maximum atomic E-state index is 4.64. The van der Waals surface area contributed by atoms with E-state index in [-0.39, 0.29) is 0 Å². The van der Waals surface area contributed by atoms with Crippen LogP contribution in [-0.2, 0) is 0 Å². The summed E-state index contributed by atoms with van der Waals surface area (Å²) in [5, 5.41) is 1.07. The molecule has 1 nitrogen and oxygen atoms in total. The van der Waals surface area contributed by atoms with E-state index in [0.717, 1.165) is 22.5 Å². The Bertz CT molecular complexity index is 448. The van der Waals surface area contributed by atoms with Crippen LogP contribution in [0.4, 0.5) is 0 Å². The molecule has 1 aromatic heterocycles. The molecule has 0 aliphatic heterocycles. The van der Waals surface area contributed by atoms with Crippen molar-refractivity contribution < 1.29 is 0 Å². The Morgan fingerprint density at radius 2 is 2.12 bits per heavy atom. The number of fused-ring (bicyclic) bond motifs is 1. The number of para-hydroxylation sites is 1. The third-order valence-corrected chi connectivity index (χ3v) is 6.04. The van der Waals surface area contributed by atoms with Gasteiger partial charge < -0.3 is 0 Å². The first-order valence-corrected chi connectivity index (χ1v) is 8.67. The lowest BCUT2D eigenvalue weighted by atomic mass is 10.0. The predicted octanol–water partition coefficient (Wildman–Crippen LogP) is 5.06. The summed E-state index contributed by atoms with van der Waals surface area (Å²) in [5.74, 6) is 2.58. The van der Waals surface area contributed by atoms with Crippen molar-refractivity contribution in [1.82, 2.24) is 4.98 Å². The average molecular weight is 330 g/mol. The first kappa shape index (κ1) is 13.4. The second kappa shape index (κ2) is 6.21. The number of rotatable bonds is 5. The zero-order valence-electron chi connectivity index (χ0n) is 10.0. The van der Waals surface area contributed by atoms with E-state index in [0.29, 0.717) is 5.92 Å². The second-order valence-electron chi connectivity index (χ2n) is 4.42. The molecule has 92 valence electrons. The van der Waals surface area contributed by atoms with Crippen LogP contribution < -0.4 is 0 Å². The van der Waals surface area contributed by atoms with Gasteiger partial charge in [-0.15, -0.1) is 11.3 Å². The fourth-order valence-corrected chi connectivity index (χ4v) is 5.21. The molecular weight excluding hydrogens is 314 g/mol. The lowest BCUT2D eigenvalue weighted by Crippen LogP contribution is -2.12. The van der Waals surface area contributed by atoms with E-state index in [1.807, 2.05) is 17.8 Å². The number of thiazole rings is 1. The van der Waals surface area contributed by atoms with Crippen molar-refractivity contribution in [3.8, 4) is 0 Å². The van der Waals surface area contributed by atoms with Gasteiger partial charge in [0.05, 0.1) is 10.2 Å². The van der Waals surface area contributed by atoms with Crippen LogP contribution in [0.5, 0.6) is 0 Å². The van der Waals surface area contributed by atoms with Crippen LogP contribution in [0.2, 0.25) is 0 Å². The van der Waals surface area contributed by atoms with Crippen LogP contribution in [0.3, 0.4) is 0 Å². The molecule has 0 saturated carbocycles. The molecule has 17 heavy (non-hydrogen) atoms. The minimum absolute atomic E-state index is 0.715. The Kier molecular flexibility index (Phi) is 4.88. The van der Waals surface area contributed by atoms with E-state index in [1.165, 1.54) is 9.04 Å². The summed E-state index contributed by atoms with van der Waals surface area (Å²) in [7, 11) is 0. The molecule has 1 atom stereocenters. The fourth-order valence-electron chi connectivity index (χ4n) is 1.51. The van der Waals surface area contributed by atoms with Crippen molar-refractivity contribution in [3.63, 3.8) is 0 Å². The van der Waals surface area contributed by atoms with Crippen LogP contribution in [0, 0.1) is 11.8 Å². The van der Waals surface area contributed by atoms with Gasteiger partial charge in [-0.2, -0.15) is 0 Å². The van der Waals surface area contributed by atoms with Gasteiger partial charge in [0, 0.05) is 11.1 Å².